The molecule has 0 atom stereocenters. The Balaban J connectivity index is 1.60. The molecule has 1 saturated heterocycles. The fourth-order valence-electron chi connectivity index (χ4n) is 2.96. The van der Waals surface area contributed by atoms with Crippen molar-refractivity contribution >= 4 is 57.3 Å². The highest BCUT2D eigenvalue weighted by Crippen LogP contribution is 2.31. The Bertz CT molecular complexity index is 1120. The molecule has 1 aliphatic rings. The minimum atomic E-state index is 0.195. The summed E-state index contributed by atoms with van der Waals surface area (Å²) >= 11 is 9.84. The molecule has 4 rings (SSSR count). The predicted octanol–water partition coefficient (Wildman–Crippen LogP) is 4.33. The number of hydrazone groups is 1. The van der Waals surface area contributed by atoms with Crippen molar-refractivity contribution in [2.75, 3.05) is 41.9 Å². The van der Waals surface area contributed by atoms with Gasteiger partial charge in [-0.1, -0.05) is 11.6 Å². The van der Waals surface area contributed by atoms with Crippen LogP contribution in [0.5, 0.6) is 5.75 Å². The van der Waals surface area contributed by atoms with Gasteiger partial charge in [-0.3, -0.25) is 0 Å². The van der Waals surface area contributed by atoms with Crippen LogP contribution in [0.3, 0.4) is 0 Å². The first kappa shape index (κ1) is 22.3. The zero-order valence-corrected chi connectivity index (χ0v) is 19.6. The number of morpholine rings is 1. The van der Waals surface area contributed by atoms with Crippen LogP contribution in [0.15, 0.2) is 46.0 Å². The summed E-state index contributed by atoms with van der Waals surface area (Å²) in [4.78, 5) is 15.6. The van der Waals surface area contributed by atoms with Gasteiger partial charge in [0.2, 0.25) is 17.8 Å². The summed E-state index contributed by atoms with van der Waals surface area (Å²) in [7, 11) is 0. The SMILES string of the molecule is Cc1cc(Br)c(Nc2nc(NN=Cc3ccc(O)cc3)nc(N3CCOCC3)n2)cc1Cl. The Morgan fingerprint density at radius 1 is 1.12 bits per heavy atom. The van der Waals surface area contributed by atoms with E-state index in [2.05, 4.69) is 46.7 Å². The number of aromatic nitrogens is 3. The number of phenols is 1. The van der Waals surface area contributed by atoms with Crippen LogP contribution < -0.4 is 15.6 Å². The number of halogens is 2. The summed E-state index contributed by atoms with van der Waals surface area (Å²) in [6, 6.07) is 10.4. The average Bonchev–Trinajstić information content (AvgIpc) is 2.79. The Morgan fingerprint density at radius 2 is 1.84 bits per heavy atom. The van der Waals surface area contributed by atoms with Crippen molar-refractivity contribution in [1.82, 2.24) is 15.0 Å². The molecule has 0 aliphatic carbocycles. The number of aryl methyl sites for hydroxylation is 1. The van der Waals surface area contributed by atoms with Crippen LogP contribution in [0, 0.1) is 6.92 Å². The molecule has 3 N–H and O–H groups in total. The molecule has 9 nitrogen and oxygen atoms in total. The number of rotatable bonds is 6. The van der Waals surface area contributed by atoms with E-state index in [1.807, 2.05) is 24.0 Å². The van der Waals surface area contributed by atoms with E-state index >= 15 is 0 Å². The Labute approximate surface area is 198 Å². The van der Waals surface area contributed by atoms with Crippen molar-refractivity contribution in [2.24, 2.45) is 5.10 Å². The fraction of sp³-hybridized carbons (Fsp3) is 0.238. The van der Waals surface area contributed by atoms with Gasteiger partial charge in [0.1, 0.15) is 5.75 Å². The normalized spacial score (nSPS) is 14.0. The van der Waals surface area contributed by atoms with Crippen LogP contribution in [0.25, 0.3) is 0 Å². The van der Waals surface area contributed by atoms with Crippen molar-refractivity contribution in [3.63, 3.8) is 0 Å². The number of hydrogen-bond acceptors (Lipinski definition) is 9. The molecule has 0 bridgehead atoms. The molecule has 1 fully saturated rings. The molecule has 0 unspecified atom stereocenters. The van der Waals surface area contributed by atoms with E-state index in [1.54, 1.807) is 30.5 Å². The Morgan fingerprint density at radius 3 is 2.59 bits per heavy atom. The molecule has 3 aromatic rings. The number of nitrogens with one attached hydrogen (secondary N) is 2. The van der Waals surface area contributed by atoms with Crippen molar-refractivity contribution in [1.29, 1.82) is 0 Å². The van der Waals surface area contributed by atoms with Crippen LogP contribution in [0.1, 0.15) is 11.1 Å². The third-order valence-electron chi connectivity index (χ3n) is 4.68. The smallest absolute Gasteiger partial charge is 0.250 e. The molecular formula is C21H21BrClN7O2. The van der Waals surface area contributed by atoms with Crippen LogP contribution in [0.4, 0.5) is 23.5 Å². The Kier molecular flexibility index (Phi) is 7.03. The molecule has 0 saturated carbocycles. The average molecular weight is 519 g/mol. The maximum absolute atomic E-state index is 9.40. The van der Waals surface area contributed by atoms with Crippen molar-refractivity contribution < 1.29 is 9.84 Å². The van der Waals surface area contributed by atoms with Crippen LogP contribution in [-0.4, -0.2) is 52.6 Å². The predicted molar refractivity (Wildman–Crippen MR) is 129 cm³/mol. The number of benzene rings is 2. The van der Waals surface area contributed by atoms with Gasteiger partial charge in [-0.2, -0.15) is 20.1 Å². The topological polar surface area (TPSA) is 108 Å². The lowest BCUT2D eigenvalue weighted by molar-refractivity contribution is 0.122. The van der Waals surface area contributed by atoms with Gasteiger partial charge in [0.25, 0.3) is 0 Å². The molecule has 2 heterocycles. The number of aromatic hydroxyl groups is 1. The second-order valence-corrected chi connectivity index (χ2v) is 8.31. The number of nitrogens with zero attached hydrogens (tertiary/aromatic N) is 5. The molecule has 166 valence electrons. The van der Waals surface area contributed by atoms with Crippen LogP contribution in [0.2, 0.25) is 5.02 Å². The van der Waals surface area contributed by atoms with E-state index in [1.165, 1.54) is 0 Å². The number of hydrogen-bond donors (Lipinski definition) is 3. The molecule has 32 heavy (non-hydrogen) atoms. The monoisotopic (exact) mass is 517 g/mol. The van der Waals surface area contributed by atoms with Gasteiger partial charge in [-0.05, 0) is 70.4 Å². The summed E-state index contributed by atoms with van der Waals surface area (Å²) in [5.41, 5.74) is 5.36. The first-order chi connectivity index (χ1) is 15.5. The van der Waals surface area contributed by atoms with E-state index in [4.69, 9.17) is 16.3 Å². The zero-order valence-electron chi connectivity index (χ0n) is 17.2. The van der Waals surface area contributed by atoms with E-state index in [-0.39, 0.29) is 11.7 Å². The minimum Gasteiger partial charge on any atom is -0.508 e. The van der Waals surface area contributed by atoms with Crippen molar-refractivity contribution in [3.8, 4) is 5.75 Å². The lowest BCUT2D eigenvalue weighted by Gasteiger charge is -2.27. The summed E-state index contributed by atoms with van der Waals surface area (Å²) < 4.78 is 6.27. The zero-order chi connectivity index (χ0) is 22.5. The van der Waals surface area contributed by atoms with Crippen molar-refractivity contribution in [2.45, 2.75) is 6.92 Å². The standard InChI is InChI=1S/C21H21BrClN7O2/c1-13-10-16(22)18(11-17(13)23)25-19-26-20(28-21(27-19)30-6-8-32-9-7-30)29-24-12-14-2-4-15(31)5-3-14/h2-5,10-12,31H,6-9H2,1H3,(H2,25,26,27,28,29). The summed E-state index contributed by atoms with van der Waals surface area (Å²) in [5, 5.41) is 17.4. The molecule has 0 amide bonds. The van der Waals surface area contributed by atoms with Gasteiger partial charge in [0.15, 0.2) is 0 Å². The maximum Gasteiger partial charge on any atom is 0.250 e. The van der Waals surface area contributed by atoms with E-state index in [0.717, 1.165) is 21.3 Å². The summed E-state index contributed by atoms with van der Waals surface area (Å²) in [6.45, 7) is 4.51. The summed E-state index contributed by atoms with van der Waals surface area (Å²) in [5.74, 6) is 1.35. The van der Waals surface area contributed by atoms with Gasteiger partial charge in [0, 0.05) is 22.6 Å². The highest BCUT2D eigenvalue weighted by atomic mass is 79.9. The van der Waals surface area contributed by atoms with Crippen molar-refractivity contribution in [3.05, 3.63) is 57.0 Å². The number of anilines is 4. The molecule has 2 aromatic carbocycles. The first-order valence-corrected chi connectivity index (χ1v) is 11.0. The maximum atomic E-state index is 9.40. The molecule has 1 aliphatic heterocycles. The first-order valence-electron chi connectivity index (χ1n) is 9.87. The van der Waals surface area contributed by atoms with Gasteiger partial charge in [-0.15, -0.1) is 0 Å². The van der Waals surface area contributed by atoms with E-state index < -0.39 is 0 Å². The molecule has 0 spiro atoms. The largest absolute Gasteiger partial charge is 0.508 e. The summed E-state index contributed by atoms with van der Waals surface area (Å²) in [6.07, 6.45) is 1.61. The third kappa shape index (κ3) is 5.64. The number of ether oxygens (including phenoxy) is 1. The second-order valence-electron chi connectivity index (χ2n) is 7.05. The molecule has 11 heteroatoms. The quantitative estimate of drug-likeness (QED) is 0.327. The number of phenolic OH excluding ortho intramolecular Hbond substituents is 1. The van der Waals surface area contributed by atoms with Crippen LogP contribution >= 0.6 is 27.5 Å². The van der Waals surface area contributed by atoms with E-state index in [9.17, 15) is 5.11 Å². The van der Waals surface area contributed by atoms with Gasteiger partial charge in [0.05, 0.1) is 25.1 Å². The lowest BCUT2D eigenvalue weighted by atomic mass is 10.2. The van der Waals surface area contributed by atoms with Gasteiger partial charge >= 0.3 is 0 Å². The minimum absolute atomic E-state index is 0.195. The van der Waals surface area contributed by atoms with Gasteiger partial charge in [-0.25, -0.2) is 5.43 Å². The highest BCUT2D eigenvalue weighted by molar-refractivity contribution is 9.10. The highest BCUT2D eigenvalue weighted by Gasteiger charge is 2.17. The lowest BCUT2D eigenvalue weighted by Crippen LogP contribution is -2.37. The van der Waals surface area contributed by atoms with E-state index in [0.29, 0.717) is 43.2 Å². The molecular weight excluding hydrogens is 498 g/mol. The second kappa shape index (κ2) is 10.1. The Hall–Kier alpha value is -2.95. The van der Waals surface area contributed by atoms with Gasteiger partial charge < -0.3 is 20.1 Å². The third-order valence-corrected chi connectivity index (χ3v) is 5.75. The fourth-order valence-corrected chi connectivity index (χ4v) is 3.68. The molecule has 0 radical (unpaired) electrons. The molecule has 1 aromatic heterocycles. The van der Waals surface area contributed by atoms with Crippen LogP contribution in [-0.2, 0) is 4.74 Å².